The van der Waals surface area contributed by atoms with Crippen molar-refractivity contribution in [1.29, 1.82) is 0 Å². The van der Waals surface area contributed by atoms with Crippen LogP contribution in [0.3, 0.4) is 0 Å². The first-order valence-corrected chi connectivity index (χ1v) is 9.61. The standard InChI is InChI=1S/C17H18ClFN2O3S/c1-11-5-4-6-16(12(11)2)21(25(3,23)24)10-17(22)20-13-7-8-15(19)14(18)9-13/h4-9H,10H2,1-3H3,(H,20,22). The Hall–Kier alpha value is -2.12. The molecule has 2 aromatic carbocycles. The van der Waals surface area contributed by atoms with Gasteiger partial charge in [0.05, 0.1) is 17.0 Å². The fourth-order valence-electron chi connectivity index (χ4n) is 2.29. The van der Waals surface area contributed by atoms with Gasteiger partial charge in [-0.3, -0.25) is 9.10 Å². The van der Waals surface area contributed by atoms with E-state index < -0.39 is 28.3 Å². The zero-order valence-corrected chi connectivity index (χ0v) is 15.6. The van der Waals surface area contributed by atoms with E-state index >= 15 is 0 Å². The smallest absolute Gasteiger partial charge is 0.245 e. The van der Waals surface area contributed by atoms with Crippen molar-refractivity contribution in [2.45, 2.75) is 13.8 Å². The van der Waals surface area contributed by atoms with Crippen LogP contribution in [0.5, 0.6) is 0 Å². The molecule has 0 heterocycles. The Morgan fingerprint density at radius 2 is 1.92 bits per heavy atom. The van der Waals surface area contributed by atoms with Crippen molar-refractivity contribution < 1.29 is 17.6 Å². The van der Waals surface area contributed by atoms with Gasteiger partial charge in [-0.05, 0) is 49.2 Å². The Bertz CT molecular complexity index is 916. The lowest BCUT2D eigenvalue weighted by atomic mass is 10.1. The van der Waals surface area contributed by atoms with Gasteiger partial charge in [0.1, 0.15) is 12.4 Å². The van der Waals surface area contributed by atoms with Crippen LogP contribution in [-0.4, -0.2) is 27.1 Å². The number of hydrogen-bond donors (Lipinski definition) is 1. The zero-order chi connectivity index (χ0) is 18.8. The summed E-state index contributed by atoms with van der Waals surface area (Å²) in [4.78, 5) is 12.3. The molecule has 2 rings (SSSR count). The van der Waals surface area contributed by atoms with Crippen LogP contribution in [0.4, 0.5) is 15.8 Å². The number of amides is 1. The summed E-state index contributed by atoms with van der Waals surface area (Å²) in [5.74, 6) is -1.16. The summed E-state index contributed by atoms with van der Waals surface area (Å²) >= 11 is 5.68. The minimum Gasteiger partial charge on any atom is -0.324 e. The fraction of sp³-hybridized carbons (Fsp3) is 0.235. The maximum absolute atomic E-state index is 13.2. The molecule has 0 unspecified atom stereocenters. The molecule has 0 fully saturated rings. The topological polar surface area (TPSA) is 66.5 Å². The second-order valence-electron chi connectivity index (χ2n) is 5.67. The Morgan fingerprint density at radius 3 is 2.52 bits per heavy atom. The number of carbonyl (C=O) groups excluding carboxylic acids is 1. The molecule has 0 aromatic heterocycles. The molecular weight excluding hydrogens is 367 g/mol. The number of nitrogens with zero attached hydrogens (tertiary/aromatic N) is 1. The Morgan fingerprint density at radius 1 is 1.24 bits per heavy atom. The molecule has 0 atom stereocenters. The van der Waals surface area contributed by atoms with E-state index in [0.717, 1.165) is 27.8 Å². The van der Waals surface area contributed by atoms with Gasteiger partial charge < -0.3 is 5.32 Å². The van der Waals surface area contributed by atoms with Gasteiger partial charge >= 0.3 is 0 Å². The van der Waals surface area contributed by atoms with Crippen molar-refractivity contribution >= 4 is 38.9 Å². The second-order valence-corrected chi connectivity index (χ2v) is 7.98. The van der Waals surface area contributed by atoms with E-state index in [1.54, 1.807) is 19.1 Å². The van der Waals surface area contributed by atoms with Crippen LogP contribution < -0.4 is 9.62 Å². The third kappa shape index (κ3) is 4.70. The quantitative estimate of drug-likeness (QED) is 0.857. The fourth-order valence-corrected chi connectivity index (χ4v) is 3.38. The van der Waals surface area contributed by atoms with Crippen LogP contribution in [0.1, 0.15) is 11.1 Å². The summed E-state index contributed by atoms with van der Waals surface area (Å²) in [5.41, 5.74) is 2.41. The highest BCUT2D eigenvalue weighted by molar-refractivity contribution is 7.92. The van der Waals surface area contributed by atoms with Crippen LogP contribution in [0, 0.1) is 19.7 Å². The van der Waals surface area contributed by atoms with Crippen LogP contribution in [0.15, 0.2) is 36.4 Å². The molecule has 8 heteroatoms. The molecule has 0 aliphatic rings. The average molecular weight is 385 g/mol. The summed E-state index contributed by atoms with van der Waals surface area (Å²) in [5, 5.41) is 2.39. The summed E-state index contributed by atoms with van der Waals surface area (Å²) < 4.78 is 38.5. The molecular formula is C17H18ClFN2O3S. The minimum atomic E-state index is -3.67. The molecule has 0 radical (unpaired) electrons. The maximum Gasteiger partial charge on any atom is 0.245 e. The number of nitrogens with one attached hydrogen (secondary N) is 1. The van der Waals surface area contributed by atoms with Crippen molar-refractivity contribution in [3.63, 3.8) is 0 Å². The van der Waals surface area contributed by atoms with Gasteiger partial charge in [0.15, 0.2) is 0 Å². The molecule has 134 valence electrons. The van der Waals surface area contributed by atoms with E-state index in [0.29, 0.717) is 5.69 Å². The van der Waals surface area contributed by atoms with Crippen molar-refractivity contribution in [2.24, 2.45) is 0 Å². The lowest BCUT2D eigenvalue weighted by molar-refractivity contribution is -0.114. The van der Waals surface area contributed by atoms with Gasteiger partial charge in [-0.15, -0.1) is 0 Å². The highest BCUT2D eigenvalue weighted by atomic mass is 35.5. The van der Waals surface area contributed by atoms with Crippen molar-refractivity contribution in [3.05, 3.63) is 58.4 Å². The number of rotatable bonds is 5. The number of halogens is 2. The predicted molar refractivity (Wildman–Crippen MR) is 98.1 cm³/mol. The third-order valence-electron chi connectivity index (χ3n) is 3.74. The lowest BCUT2D eigenvalue weighted by Gasteiger charge is -2.24. The van der Waals surface area contributed by atoms with E-state index in [4.69, 9.17) is 11.6 Å². The highest BCUT2D eigenvalue weighted by Gasteiger charge is 2.23. The highest BCUT2D eigenvalue weighted by Crippen LogP contribution is 2.25. The second kappa shape index (κ2) is 7.41. The largest absolute Gasteiger partial charge is 0.324 e. The molecule has 25 heavy (non-hydrogen) atoms. The van der Waals surface area contributed by atoms with E-state index in [1.807, 2.05) is 13.0 Å². The number of anilines is 2. The summed E-state index contributed by atoms with van der Waals surface area (Å²) in [6.07, 6.45) is 1.04. The van der Waals surface area contributed by atoms with Crippen LogP contribution in [0.25, 0.3) is 0 Å². The van der Waals surface area contributed by atoms with E-state index in [2.05, 4.69) is 5.32 Å². The molecule has 0 bridgehead atoms. The Kier molecular flexibility index (Phi) is 5.69. The van der Waals surface area contributed by atoms with Gasteiger partial charge in [0.25, 0.3) is 0 Å². The molecule has 0 saturated carbocycles. The average Bonchev–Trinajstić information content (AvgIpc) is 2.51. The first-order valence-electron chi connectivity index (χ1n) is 7.38. The molecule has 0 spiro atoms. The number of hydrogen-bond acceptors (Lipinski definition) is 3. The number of carbonyl (C=O) groups is 1. The summed E-state index contributed by atoms with van der Waals surface area (Å²) in [7, 11) is -3.67. The molecule has 0 aliphatic heterocycles. The first kappa shape index (κ1) is 19.2. The summed E-state index contributed by atoms with van der Waals surface area (Å²) in [6.45, 7) is 3.25. The molecule has 0 aliphatic carbocycles. The maximum atomic E-state index is 13.2. The number of sulfonamides is 1. The van der Waals surface area contributed by atoms with Crippen molar-refractivity contribution in [1.82, 2.24) is 0 Å². The van der Waals surface area contributed by atoms with E-state index in [-0.39, 0.29) is 10.7 Å². The predicted octanol–water partition coefficient (Wildman–Crippen LogP) is 3.50. The van der Waals surface area contributed by atoms with Crippen LogP contribution in [-0.2, 0) is 14.8 Å². The van der Waals surface area contributed by atoms with Crippen LogP contribution >= 0.6 is 11.6 Å². The minimum absolute atomic E-state index is 0.132. The number of benzene rings is 2. The van der Waals surface area contributed by atoms with Crippen LogP contribution in [0.2, 0.25) is 5.02 Å². The third-order valence-corrected chi connectivity index (χ3v) is 5.15. The van der Waals surface area contributed by atoms with Gasteiger partial charge in [0.2, 0.25) is 15.9 Å². The van der Waals surface area contributed by atoms with Gasteiger partial charge in [-0.2, -0.15) is 0 Å². The summed E-state index contributed by atoms with van der Waals surface area (Å²) in [6, 6.07) is 8.97. The monoisotopic (exact) mass is 384 g/mol. The van der Waals surface area contributed by atoms with Gasteiger partial charge in [-0.25, -0.2) is 12.8 Å². The van der Waals surface area contributed by atoms with Crippen molar-refractivity contribution in [3.8, 4) is 0 Å². The normalized spacial score (nSPS) is 11.2. The SMILES string of the molecule is Cc1cccc(N(CC(=O)Nc2ccc(F)c(Cl)c2)S(C)(=O)=O)c1C. The molecule has 1 amide bonds. The molecule has 1 N–H and O–H groups in total. The van der Waals surface area contributed by atoms with Gasteiger partial charge in [0, 0.05) is 5.69 Å². The number of aryl methyl sites for hydroxylation is 1. The Labute approximate surface area is 151 Å². The molecule has 5 nitrogen and oxygen atoms in total. The van der Waals surface area contributed by atoms with E-state index in [9.17, 15) is 17.6 Å². The zero-order valence-electron chi connectivity index (χ0n) is 14.0. The lowest BCUT2D eigenvalue weighted by Crippen LogP contribution is -2.38. The molecule has 2 aromatic rings. The molecule has 0 saturated heterocycles. The van der Waals surface area contributed by atoms with Gasteiger partial charge in [-0.1, -0.05) is 23.7 Å². The first-order chi connectivity index (χ1) is 11.6. The Balaban J connectivity index is 2.27. The van der Waals surface area contributed by atoms with E-state index in [1.165, 1.54) is 12.1 Å². The van der Waals surface area contributed by atoms with Crippen molar-refractivity contribution in [2.75, 3.05) is 22.4 Å².